The normalized spacial score (nSPS) is 11.0. The first-order chi connectivity index (χ1) is 12.3. The fourth-order valence-electron chi connectivity index (χ4n) is 2.84. The van der Waals surface area contributed by atoms with Crippen molar-refractivity contribution in [2.75, 3.05) is 0 Å². The Morgan fingerprint density at radius 1 is 0.680 bits per heavy atom. The summed E-state index contributed by atoms with van der Waals surface area (Å²) in [4.78, 5) is 4.70. The number of hydrogen-bond donors (Lipinski definition) is 0. The lowest BCUT2D eigenvalue weighted by atomic mass is 10.2. The van der Waals surface area contributed by atoms with Crippen LogP contribution in [0.5, 0.6) is 0 Å². The number of rotatable bonds is 4. The highest BCUT2D eigenvalue weighted by Crippen LogP contribution is 2.35. The zero-order valence-electron chi connectivity index (χ0n) is 14.0. The van der Waals surface area contributed by atoms with Crippen molar-refractivity contribution in [1.29, 1.82) is 0 Å². The standard InChI is InChI=1S/C22H18NOP/c1-17-22(24-21(23-17)18-11-5-2-6-12-18)25(19-13-7-3-8-14-19)20-15-9-4-10-16-20/h2-16H,1H3. The van der Waals surface area contributed by atoms with Crippen LogP contribution in [0, 0.1) is 6.92 Å². The van der Waals surface area contributed by atoms with Gasteiger partial charge in [-0.05, 0) is 29.7 Å². The van der Waals surface area contributed by atoms with E-state index in [1.165, 1.54) is 10.6 Å². The Balaban J connectivity index is 1.85. The zero-order valence-corrected chi connectivity index (χ0v) is 14.9. The van der Waals surface area contributed by atoms with E-state index in [0.717, 1.165) is 16.8 Å². The molecule has 3 aromatic carbocycles. The molecule has 0 aliphatic carbocycles. The lowest BCUT2D eigenvalue weighted by Gasteiger charge is -2.16. The summed E-state index contributed by atoms with van der Waals surface area (Å²) in [5.41, 5.74) is 2.93. The molecule has 0 N–H and O–H groups in total. The third-order valence-electron chi connectivity index (χ3n) is 4.02. The van der Waals surface area contributed by atoms with Crippen molar-refractivity contribution in [2.24, 2.45) is 0 Å². The van der Waals surface area contributed by atoms with E-state index in [2.05, 4.69) is 48.5 Å². The van der Waals surface area contributed by atoms with Crippen molar-refractivity contribution in [3.63, 3.8) is 0 Å². The maximum absolute atomic E-state index is 6.29. The Labute approximate surface area is 148 Å². The minimum atomic E-state index is -0.766. The molecule has 0 unspecified atom stereocenters. The number of oxazole rings is 1. The largest absolute Gasteiger partial charge is 0.436 e. The van der Waals surface area contributed by atoms with E-state index < -0.39 is 7.92 Å². The molecule has 2 nitrogen and oxygen atoms in total. The molecule has 0 amide bonds. The molecule has 0 atom stereocenters. The fourth-order valence-corrected chi connectivity index (χ4v) is 5.10. The van der Waals surface area contributed by atoms with Gasteiger partial charge in [-0.3, -0.25) is 0 Å². The van der Waals surface area contributed by atoms with Gasteiger partial charge in [-0.2, -0.15) is 0 Å². The quantitative estimate of drug-likeness (QED) is 0.513. The second-order valence-corrected chi connectivity index (χ2v) is 7.89. The third kappa shape index (κ3) is 3.26. The summed E-state index contributed by atoms with van der Waals surface area (Å²) >= 11 is 0. The smallest absolute Gasteiger partial charge is 0.227 e. The van der Waals surface area contributed by atoms with Crippen LogP contribution in [0.3, 0.4) is 0 Å². The molecule has 0 radical (unpaired) electrons. The second-order valence-electron chi connectivity index (χ2n) is 5.78. The van der Waals surface area contributed by atoms with Gasteiger partial charge in [0, 0.05) is 13.5 Å². The number of benzene rings is 3. The molecule has 4 rings (SSSR count). The molecule has 122 valence electrons. The van der Waals surface area contributed by atoms with Crippen LogP contribution >= 0.6 is 7.92 Å². The Bertz CT molecular complexity index is 910. The average Bonchev–Trinajstić information content (AvgIpc) is 3.06. The molecule has 0 saturated carbocycles. The van der Waals surface area contributed by atoms with Crippen molar-refractivity contribution in [3.8, 4) is 11.5 Å². The van der Waals surface area contributed by atoms with Gasteiger partial charge in [0.05, 0.1) is 5.69 Å². The van der Waals surface area contributed by atoms with Crippen molar-refractivity contribution >= 4 is 24.0 Å². The highest BCUT2D eigenvalue weighted by Gasteiger charge is 2.24. The van der Waals surface area contributed by atoms with Crippen molar-refractivity contribution in [2.45, 2.75) is 6.92 Å². The van der Waals surface area contributed by atoms with Gasteiger partial charge in [0.1, 0.15) is 0 Å². The SMILES string of the molecule is Cc1nc(-c2ccccc2)oc1P(c1ccccc1)c1ccccc1. The molecule has 0 bridgehead atoms. The number of aryl methyl sites for hydroxylation is 1. The van der Waals surface area contributed by atoms with Crippen LogP contribution < -0.4 is 16.1 Å². The molecule has 0 spiro atoms. The van der Waals surface area contributed by atoms with Crippen LogP contribution in [-0.2, 0) is 0 Å². The first-order valence-electron chi connectivity index (χ1n) is 8.26. The van der Waals surface area contributed by atoms with Gasteiger partial charge in [-0.25, -0.2) is 4.98 Å². The first-order valence-corrected chi connectivity index (χ1v) is 9.60. The van der Waals surface area contributed by atoms with Gasteiger partial charge in [-0.1, -0.05) is 78.9 Å². The van der Waals surface area contributed by atoms with Crippen LogP contribution in [0.1, 0.15) is 5.69 Å². The Hall–Kier alpha value is -2.70. The van der Waals surface area contributed by atoms with E-state index in [4.69, 9.17) is 9.40 Å². The van der Waals surface area contributed by atoms with Crippen LogP contribution in [0.2, 0.25) is 0 Å². The lowest BCUT2D eigenvalue weighted by Crippen LogP contribution is -2.21. The maximum Gasteiger partial charge on any atom is 0.227 e. The lowest BCUT2D eigenvalue weighted by molar-refractivity contribution is 0.608. The van der Waals surface area contributed by atoms with E-state index in [-0.39, 0.29) is 0 Å². The summed E-state index contributed by atoms with van der Waals surface area (Å²) in [7, 11) is -0.766. The van der Waals surface area contributed by atoms with Crippen LogP contribution in [0.15, 0.2) is 95.4 Å². The topological polar surface area (TPSA) is 26.0 Å². The zero-order chi connectivity index (χ0) is 17.1. The van der Waals surface area contributed by atoms with Gasteiger partial charge in [0.25, 0.3) is 0 Å². The summed E-state index contributed by atoms with van der Waals surface area (Å²) in [6.07, 6.45) is 0. The van der Waals surface area contributed by atoms with E-state index in [0.29, 0.717) is 5.89 Å². The summed E-state index contributed by atoms with van der Waals surface area (Å²) < 4.78 is 6.29. The fraction of sp³-hybridized carbons (Fsp3) is 0.0455. The highest BCUT2D eigenvalue weighted by atomic mass is 31.1. The highest BCUT2D eigenvalue weighted by molar-refractivity contribution is 7.79. The van der Waals surface area contributed by atoms with Crippen molar-refractivity contribution in [1.82, 2.24) is 4.98 Å². The second kappa shape index (κ2) is 7.04. The number of nitrogens with zero attached hydrogens (tertiary/aromatic N) is 1. The van der Waals surface area contributed by atoms with E-state index in [1.54, 1.807) is 0 Å². The van der Waals surface area contributed by atoms with Crippen LogP contribution in [-0.4, -0.2) is 4.98 Å². The van der Waals surface area contributed by atoms with Gasteiger partial charge in [-0.15, -0.1) is 0 Å². The van der Waals surface area contributed by atoms with Crippen LogP contribution in [0.4, 0.5) is 0 Å². The molecule has 4 aromatic rings. The maximum atomic E-state index is 6.29. The Morgan fingerprint density at radius 3 is 1.68 bits per heavy atom. The summed E-state index contributed by atoms with van der Waals surface area (Å²) in [5.74, 6) is 0.687. The molecule has 0 fully saturated rings. The molecule has 3 heteroatoms. The van der Waals surface area contributed by atoms with Gasteiger partial charge >= 0.3 is 0 Å². The Kier molecular flexibility index (Phi) is 4.45. The van der Waals surface area contributed by atoms with E-state index in [9.17, 15) is 0 Å². The minimum absolute atomic E-state index is 0.687. The average molecular weight is 343 g/mol. The van der Waals surface area contributed by atoms with Gasteiger partial charge in [0.15, 0.2) is 5.50 Å². The molecule has 0 aliphatic heterocycles. The van der Waals surface area contributed by atoms with Crippen molar-refractivity contribution in [3.05, 3.63) is 96.7 Å². The predicted octanol–water partition coefficient (Wildman–Crippen LogP) is 4.41. The Morgan fingerprint density at radius 2 is 1.16 bits per heavy atom. The molecule has 25 heavy (non-hydrogen) atoms. The summed E-state index contributed by atoms with van der Waals surface area (Å²) in [6.45, 7) is 2.03. The predicted molar refractivity (Wildman–Crippen MR) is 105 cm³/mol. The molecule has 0 aliphatic rings. The summed E-state index contributed by atoms with van der Waals surface area (Å²) in [5, 5.41) is 2.53. The van der Waals surface area contributed by atoms with E-state index >= 15 is 0 Å². The monoisotopic (exact) mass is 343 g/mol. The molecular weight excluding hydrogens is 325 g/mol. The molecule has 1 heterocycles. The van der Waals surface area contributed by atoms with E-state index in [1.807, 2.05) is 49.4 Å². The van der Waals surface area contributed by atoms with Crippen LogP contribution in [0.25, 0.3) is 11.5 Å². The van der Waals surface area contributed by atoms with Gasteiger partial charge < -0.3 is 4.42 Å². The number of hydrogen-bond acceptors (Lipinski definition) is 2. The number of aromatic nitrogens is 1. The third-order valence-corrected chi connectivity index (χ3v) is 6.47. The van der Waals surface area contributed by atoms with Crippen molar-refractivity contribution < 1.29 is 4.42 Å². The summed E-state index contributed by atoms with van der Waals surface area (Å²) in [6, 6.07) is 31.2. The molecule has 0 saturated heterocycles. The first kappa shape index (κ1) is 15.8. The molecular formula is C22H18NOP. The minimum Gasteiger partial charge on any atom is -0.436 e. The molecule has 1 aromatic heterocycles. The van der Waals surface area contributed by atoms with Gasteiger partial charge in [0.2, 0.25) is 5.89 Å².